The quantitative estimate of drug-likeness (QED) is 0.665. The SMILES string of the molecule is CCOC(=O)C1CCN(C(=O)C[C@@H](c2ccccc2)c2ccc(OC)cc2)CC1. The van der Waals surface area contributed by atoms with Crippen LogP contribution in [0.5, 0.6) is 5.75 Å². The minimum absolute atomic E-state index is 0.0163. The molecule has 2 aromatic carbocycles. The van der Waals surface area contributed by atoms with Gasteiger partial charge >= 0.3 is 5.97 Å². The Hall–Kier alpha value is -2.82. The van der Waals surface area contributed by atoms with Gasteiger partial charge in [0.15, 0.2) is 0 Å². The molecule has 1 heterocycles. The standard InChI is InChI=1S/C24H29NO4/c1-3-29-24(27)20-13-15-25(16-14-20)23(26)17-22(18-7-5-4-6-8-18)19-9-11-21(28-2)12-10-19/h4-12,20,22H,3,13-17H2,1-2H3/t22-/m0/s1. The van der Waals surface area contributed by atoms with E-state index in [4.69, 9.17) is 9.47 Å². The summed E-state index contributed by atoms with van der Waals surface area (Å²) < 4.78 is 10.4. The predicted octanol–water partition coefficient (Wildman–Crippen LogP) is 4.02. The van der Waals surface area contributed by atoms with Crippen LogP contribution in [0.4, 0.5) is 0 Å². The van der Waals surface area contributed by atoms with Gasteiger partial charge in [-0.05, 0) is 43.0 Å². The van der Waals surface area contributed by atoms with Gasteiger partial charge in [-0.3, -0.25) is 9.59 Å². The molecule has 1 fully saturated rings. The number of rotatable bonds is 7. The summed E-state index contributed by atoms with van der Waals surface area (Å²) in [5.41, 5.74) is 2.21. The number of esters is 1. The number of hydrogen-bond donors (Lipinski definition) is 0. The van der Waals surface area contributed by atoms with Gasteiger partial charge in [0, 0.05) is 25.4 Å². The number of benzene rings is 2. The van der Waals surface area contributed by atoms with Crippen molar-refractivity contribution in [3.63, 3.8) is 0 Å². The van der Waals surface area contributed by atoms with Gasteiger partial charge in [0.2, 0.25) is 5.91 Å². The number of piperidine rings is 1. The molecule has 1 aliphatic rings. The highest BCUT2D eigenvalue weighted by Crippen LogP contribution is 2.31. The average Bonchev–Trinajstić information content (AvgIpc) is 2.78. The van der Waals surface area contributed by atoms with E-state index < -0.39 is 0 Å². The lowest BCUT2D eigenvalue weighted by Crippen LogP contribution is -2.41. The molecule has 2 aromatic rings. The number of nitrogens with zero attached hydrogens (tertiary/aromatic N) is 1. The summed E-state index contributed by atoms with van der Waals surface area (Å²) >= 11 is 0. The fourth-order valence-corrected chi connectivity index (χ4v) is 3.88. The Balaban J connectivity index is 1.69. The molecule has 5 nitrogen and oxygen atoms in total. The number of carbonyl (C=O) groups excluding carboxylic acids is 2. The molecule has 1 amide bonds. The first-order valence-corrected chi connectivity index (χ1v) is 10.3. The maximum absolute atomic E-state index is 13.1. The molecule has 29 heavy (non-hydrogen) atoms. The van der Waals surface area contributed by atoms with Crippen molar-refractivity contribution in [2.24, 2.45) is 5.92 Å². The second-order valence-corrected chi connectivity index (χ2v) is 7.35. The number of hydrogen-bond acceptors (Lipinski definition) is 4. The van der Waals surface area contributed by atoms with Crippen LogP contribution in [0.1, 0.15) is 43.2 Å². The van der Waals surface area contributed by atoms with Crippen molar-refractivity contribution in [2.75, 3.05) is 26.8 Å². The second kappa shape index (κ2) is 10.1. The van der Waals surface area contributed by atoms with E-state index in [2.05, 4.69) is 12.1 Å². The first-order valence-electron chi connectivity index (χ1n) is 10.3. The highest BCUT2D eigenvalue weighted by Gasteiger charge is 2.29. The van der Waals surface area contributed by atoms with E-state index in [1.807, 2.05) is 54.3 Å². The van der Waals surface area contributed by atoms with Crippen LogP contribution in [0.2, 0.25) is 0 Å². The van der Waals surface area contributed by atoms with Crippen molar-refractivity contribution in [3.05, 3.63) is 65.7 Å². The van der Waals surface area contributed by atoms with Gasteiger partial charge in [0.05, 0.1) is 19.6 Å². The van der Waals surface area contributed by atoms with E-state index >= 15 is 0 Å². The van der Waals surface area contributed by atoms with Crippen molar-refractivity contribution >= 4 is 11.9 Å². The summed E-state index contributed by atoms with van der Waals surface area (Å²) in [7, 11) is 1.65. The van der Waals surface area contributed by atoms with Crippen LogP contribution in [0.15, 0.2) is 54.6 Å². The molecule has 3 rings (SSSR count). The molecular weight excluding hydrogens is 366 g/mol. The highest BCUT2D eigenvalue weighted by atomic mass is 16.5. The van der Waals surface area contributed by atoms with Gasteiger partial charge in [-0.15, -0.1) is 0 Å². The summed E-state index contributed by atoms with van der Waals surface area (Å²) in [5.74, 6) is 0.674. The van der Waals surface area contributed by atoms with E-state index in [0.29, 0.717) is 39.0 Å². The zero-order valence-electron chi connectivity index (χ0n) is 17.2. The lowest BCUT2D eigenvalue weighted by Gasteiger charge is -2.32. The molecule has 1 saturated heterocycles. The summed E-state index contributed by atoms with van der Waals surface area (Å²) in [6, 6.07) is 18.0. The van der Waals surface area contributed by atoms with Gasteiger partial charge < -0.3 is 14.4 Å². The molecule has 0 bridgehead atoms. The monoisotopic (exact) mass is 395 g/mol. The topological polar surface area (TPSA) is 55.8 Å². The smallest absolute Gasteiger partial charge is 0.309 e. The molecule has 1 aliphatic heterocycles. The molecule has 0 radical (unpaired) electrons. The number of ether oxygens (including phenoxy) is 2. The highest BCUT2D eigenvalue weighted by molar-refractivity contribution is 5.78. The molecule has 1 atom stereocenters. The number of amides is 1. The Morgan fingerprint density at radius 3 is 2.21 bits per heavy atom. The normalized spacial score (nSPS) is 15.6. The van der Waals surface area contributed by atoms with Crippen molar-refractivity contribution in [1.29, 1.82) is 0 Å². The van der Waals surface area contributed by atoms with Crippen molar-refractivity contribution in [3.8, 4) is 5.75 Å². The summed E-state index contributed by atoms with van der Waals surface area (Å²) in [5, 5.41) is 0. The lowest BCUT2D eigenvalue weighted by atomic mass is 9.87. The van der Waals surface area contributed by atoms with Crippen LogP contribution in [0, 0.1) is 5.92 Å². The maximum Gasteiger partial charge on any atom is 0.309 e. The van der Waals surface area contributed by atoms with Crippen LogP contribution >= 0.6 is 0 Å². The first-order chi connectivity index (χ1) is 14.1. The third kappa shape index (κ3) is 5.37. The molecular formula is C24H29NO4. The fourth-order valence-electron chi connectivity index (χ4n) is 3.88. The van der Waals surface area contributed by atoms with Crippen LogP contribution < -0.4 is 4.74 Å². The van der Waals surface area contributed by atoms with Crippen molar-refractivity contribution in [1.82, 2.24) is 4.90 Å². The first kappa shape index (κ1) is 20.9. The van der Waals surface area contributed by atoms with E-state index in [0.717, 1.165) is 16.9 Å². The van der Waals surface area contributed by atoms with Gasteiger partial charge in [-0.25, -0.2) is 0 Å². The molecule has 5 heteroatoms. The van der Waals surface area contributed by atoms with Crippen LogP contribution in [-0.4, -0.2) is 43.6 Å². The van der Waals surface area contributed by atoms with Gasteiger partial charge in [0.1, 0.15) is 5.75 Å². The Morgan fingerprint density at radius 1 is 1.00 bits per heavy atom. The van der Waals surface area contributed by atoms with Gasteiger partial charge in [-0.1, -0.05) is 42.5 Å². The zero-order chi connectivity index (χ0) is 20.6. The van der Waals surface area contributed by atoms with E-state index in [9.17, 15) is 9.59 Å². The molecule has 154 valence electrons. The summed E-state index contributed by atoms with van der Waals surface area (Å²) in [6.07, 6.45) is 1.74. The second-order valence-electron chi connectivity index (χ2n) is 7.35. The molecule has 0 aromatic heterocycles. The zero-order valence-corrected chi connectivity index (χ0v) is 17.2. The predicted molar refractivity (Wildman–Crippen MR) is 112 cm³/mol. The van der Waals surface area contributed by atoms with Gasteiger partial charge in [0.25, 0.3) is 0 Å². The molecule has 0 saturated carbocycles. The molecule has 0 N–H and O–H groups in total. The molecule has 0 unspecified atom stereocenters. The fraction of sp³-hybridized carbons (Fsp3) is 0.417. The maximum atomic E-state index is 13.1. The van der Waals surface area contributed by atoms with E-state index in [1.54, 1.807) is 7.11 Å². The number of carbonyl (C=O) groups is 2. The van der Waals surface area contributed by atoms with E-state index in [1.165, 1.54) is 0 Å². The van der Waals surface area contributed by atoms with E-state index in [-0.39, 0.29) is 23.7 Å². The Kier molecular flexibility index (Phi) is 7.28. The molecule has 0 aliphatic carbocycles. The summed E-state index contributed by atoms with van der Waals surface area (Å²) in [6.45, 7) is 3.43. The van der Waals surface area contributed by atoms with Crippen molar-refractivity contribution in [2.45, 2.75) is 32.1 Å². The van der Waals surface area contributed by atoms with Crippen LogP contribution in [0.3, 0.4) is 0 Å². The Bertz CT molecular complexity index is 795. The van der Waals surface area contributed by atoms with Crippen LogP contribution in [-0.2, 0) is 14.3 Å². The molecule has 0 spiro atoms. The Morgan fingerprint density at radius 2 is 1.62 bits per heavy atom. The number of methoxy groups -OCH3 is 1. The Labute approximate surface area is 172 Å². The average molecular weight is 395 g/mol. The number of likely N-dealkylation sites (tertiary alicyclic amines) is 1. The summed E-state index contributed by atoms with van der Waals surface area (Å²) in [4.78, 5) is 26.9. The van der Waals surface area contributed by atoms with Gasteiger partial charge in [-0.2, -0.15) is 0 Å². The van der Waals surface area contributed by atoms with Crippen molar-refractivity contribution < 1.29 is 19.1 Å². The van der Waals surface area contributed by atoms with Crippen LogP contribution in [0.25, 0.3) is 0 Å². The lowest BCUT2D eigenvalue weighted by molar-refractivity contribution is -0.151. The third-order valence-electron chi connectivity index (χ3n) is 5.57. The largest absolute Gasteiger partial charge is 0.497 e. The minimum Gasteiger partial charge on any atom is -0.497 e. The third-order valence-corrected chi connectivity index (χ3v) is 5.57. The minimum atomic E-state index is -0.139.